The number of nitrogens with zero attached hydrogens (tertiary/aromatic N) is 1. The number of nitrogens with one attached hydrogen (secondary N) is 2. The number of benzene rings is 3. The average molecular weight is 459 g/mol. The fraction of sp³-hybridized carbons (Fsp3) is 0.0952. The fourth-order valence-corrected chi connectivity index (χ4v) is 3.82. The van der Waals surface area contributed by atoms with E-state index in [1.54, 1.807) is 6.92 Å². The first-order valence-electron chi connectivity index (χ1n) is 9.30. The third-order valence-electron chi connectivity index (χ3n) is 4.23. The quantitative estimate of drug-likeness (QED) is 0.384. The molecule has 0 saturated carbocycles. The number of hydrogen-bond donors (Lipinski definition) is 2. The highest BCUT2D eigenvalue weighted by Crippen LogP contribution is 2.23. The number of carbonyl (C=O) groups is 1. The Kier molecular flexibility index (Phi) is 6.69. The zero-order chi connectivity index (χ0) is 23.3. The van der Waals surface area contributed by atoms with Crippen LogP contribution in [0.15, 0.2) is 71.6 Å². The summed E-state index contributed by atoms with van der Waals surface area (Å²) >= 11 is 0. The van der Waals surface area contributed by atoms with E-state index in [2.05, 4.69) is 10.0 Å². The van der Waals surface area contributed by atoms with Crippen molar-refractivity contribution in [2.75, 3.05) is 16.6 Å². The monoisotopic (exact) mass is 459 g/mol. The molecule has 0 aromatic heterocycles. The number of nitro groups is 1. The summed E-state index contributed by atoms with van der Waals surface area (Å²) in [5.41, 5.74) is 0.231. The topological polar surface area (TPSA) is 128 Å². The maximum Gasteiger partial charge on any atom is 0.270 e. The molecule has 0 saturated heterocycles. The molecule has 2 N–H and O–H groups in total. The Morgan fingerprint density at radius 2 is 1.75 bits per heavy atom. The summed E-state index contributed by atoms with van der Waals surface area (Å²) in [6.45, 7) is 2.03. The maximum atomic E-state index is 13.9. The molecule has 3 rings (SSSR count). The first-order chi connectivity index (χ1) is 15.2. The summed E-state index contributed by atoms with van der Waals surface area (Å²) in [6, 6.07) is 14.1. The number of hydrogen-bond acceptors (Lipinski definition) is 6. The molecule has 1 amide bonds. The summed E-state index contributed by atoms with van der Waals surface area (Å²) < 4.78 is 46.3. The lowest BCUT2D eigenvalue weighted by Gasteiger charge is -2.10. The van der Waals surface area contributed by atoms with Crippen LogP contribution >= 0.6 is 0 Å². The molecule has 11 heteroatoms. The van der Waals surface area contributed by atoms with E-state index in [0.29, 0.717) is 6.61 Å². The number of anilines is 2. The van der Waals surface area contributed by atoms with E-state index >= 15 is 0 Å². The van der Waals surface area contributed by atoms with Crippen LogP contribution in [0.1, 0.15) is 17.3 Å². The molecule has 0 aliphatic rings. The third kappa shape index (κ3) is 5.38. The fourth-order valence-electron chi connectivity index (χ4n) is 2.72. The smallest absolute Gasteiger partial charge is 0.270 e. The van der Waals surface area contributed by atoms with Gasteiger partial charge in [-0.15, -0.1) is 0 Å². The molecule has 0 aliphatic heterocycles. The second-order valence-corrected chi connectivity index (χ2v) is 8.15. The van der Waals surface area contributed by atoms with Gasteiger partial charge in [0, 0.05) is 35.1 Å². The number of ether oxygens (including phenoxy) is 1. The zero-order valence-electron chi connectivity index (χ0n) is 16.7. The van der Waals surface area contributed by atoms with Crippen LogP contribution in [0.25, 0.3) is 0 Å². The standard InChI is InChI=1S/C21H18FN3O6S/c1-2-31-20-11-10-16(12-19(20)22)23-21(26)14-6-8-15(9-7-14)24-32(29,30)18-5-3-4-17(13-18)25(27)28/h3-13,24H,2H2,1H3,(H,23,26). The Morgan fingerprint density at radius 3 is 2.38 bits per heavy atom. The Bertz CT molecular complexity index is 1260. The number of amides is 1. The predicted molar refractivity (Wildman–Crippen MR) is 116 cm³/mol. The van der Waals surface area contributed by atoms with E-state index in [-0.39, 0.29) is 33.3 Å². The van der Waals surface area contributed by atoms with Gasteiger partial charge in [0.2, 0.25) is 0 Å². The lowest BCUT2D eigenvalue weighted by Crippen LogP contribution is -2.14. The van der Waals surface area contributed by atoms with Gasteiger partial charge in [0.05, 0.1) is 16.4 Å². The summed E-state index contributed by atoms with van der Waals surface area (Å²) in [4.78, 5) is 22.3. The van der Waals surface area contributed by atoms with Crippen molar-refractivity contribution in [3.63, 3.8) is 0 Å². The predicted octanol–water partition coefficient (Wildman–Crippen LogP) is 4.19. The maximum absolute atomic E-state index is 13.9. The summed E-state index contributed by atoms with van der Waals surface area (Å²) in [5, 5.41) is 13.4. The van der Waals surface area contributed by atoms with E-state index in [1.807, 2.05) is 0 Å². The van der Waals surface area contributed by atoms with E-state index in [1.165, 1.54) is 54.6 Å². The average Bonchev–Trinajstić information content (AvgIpc) is 2.76. The molecule has 0 bridgehead atoms. The Hall–Kier alpha value is -3.99. The van der Waals surface area contributed by atoms with Gasteiger partial charge < -0.3 is 10.1 Å². The molecule has 0 atom stereocenters. The van der Waals surface area contributed by atoms with E-state index in [0.717, 1.165) is 12.1 Å². The number of non-ortho nitro benzene ring substituents is 1. The van der Waals surface area contributed by atoms with Crippen LogP contribution in [0.2, 0.25) is 0 Å². The minimum atomic E-state index is -4.07. The van der Waals surface area contributed by atoms with Crippen molar-refractivity contribution in [1.29, 1.82) is 0 Å². The highest BCUT2D eigenvalue weighted by molar-refractivity contribution is 7.92. The number of rotatable bonds is 8. The molecule has 0 radical (unpaired) electrons. The second-order valence-electron chi connectivity index (χ2n) is 6.47. The Balaban J connectivity index is 1.70. The van der Waals surface area contributed by atoms with Gasteiger partial charge in [0.15, 0.2) is 11.6 Å². The number of carbonyl (C=O) groups excluding carboxylic acids is 1. The second kappa shape index (κ2) is 9.43. The molecule has 0 aliphatic carbocycles. The molecule has 0 unspecified atom stereocenters. The lowest BCUT2D eigenvalue weighted by atomic mass is 10.2. The largest absolute Gasteiger partial charge is 0.491 e. The lowest BCUT2D eigenvalue weighted by molar-refractivity contribution is -0.385. The van der Waals surface area contributed by atoms with Crippen LogP contribution in [0.5, 0.6) is 5.75 Å². The van der Waals surface area contributed by atoms with Gasteiger partial charge in [-0.1, -0.05) is 6.07 Å². The normalized spacial score (nSPS) is 10.9. The van der Waals surface area contributed by atoms with E-state index < -0.39 is 26.7 Å². The van der Waals surface area contributed by atoms with Crippen molar-refractivity contribution < 1.29 is 27.3 Å². The summed E-state index contributed by atoms with van der Waals surface area (Å²) in [6.07, 6.45) is 0. The summed E-state index contributed by atoms with van der Waals surface area (Å²) in [5.74, 6) is -1.07. The number of nitro benzene ring substituents is 1. The summed E-state index contributed by atoms with van der Waals surface area (Å²) in [7, 11) is -4.07. The van der Waals surface area contributed by atoms with Crippen molar-refractivity contribution in [3.8, 4) is 5.75 Å². The van der Waals surface area contributed by atoms with Gasteiger partial charge >= 0.3 is 0 Å². The molecule has 166 valence electrons. The van der Waals surface area contributed by atoms with Gasteiger partial charge in [-0.05, 0) is 49.4 Å². The molecular weight excluding hydrogens is 441 g/mol. The van der Waals surface area contributed by atoms with Crippen LogP contribution in [0, 0.1) is 15.9 Å². The molecule has 3 aromatic rings. The van der Waals surface area contributed by atoms with Crippen molar-refractivity contribution in [1.82, 2.24) is 0 Å². The van der Waals surface area contributed by atoms with Crippen LogP contribution in [-0.4, -0.2) is 25.9 Å². The Labute approximate surface area is 183 Å². The molecule has 3 aromatic carbocycles. The van der Waals surface area contributed by atoms with E-state index in [4.69, 9.17) is 4.74 Å². The van der Waals surface area contributed by atoms with E-state index in [9.17, 15) is 27.7 Å². The molecule has 9 nitrogen and oxygen atoms in total. The molecule has 0 spiro atoms. The van der Waals surface area contributed by atoms with Gasteiger partial charge in [-0.3, -0.25) is 19.6 Å². The van der Waals surface area contributed by atoms with Gasteiger partial charge in [0.25, 0.3) is 21.6 Å². The highest BCUT2D eigenvalue weighted by Gasteiger charge is 2.18. The van der Waals surface area contributed by atoms with Crippen molar-refractivity contribution in [2.24, 2.45) is 0 Å². The zero-order valence-corrected chi connectivity index (χ0v) is 17.6. The first-order valence-corrected chi connectivity index (χ1v) is 10.8. The third-order valence-corrected chi connectivity index (χ3v) is 5.61. The van der Waals surface area contributed by atoms with Gasteiger partial charge in [0.1, 0.15) is 0 Å². The number of sulfonamides is 1. The molecule has 0 fully saturated rings. The van der Waals surface area contributed by atoms with Gasteiger partial charge in [-0.25, -0.2) is 12.8 Å². The van der Waals surface area contributed by atoms with Gasteiger partial charge in [-0.2, -0.15) is 0 Å². The molecule has 0 heterocycles. The van der Waals surface area contributed by atoms with Crippen LogP contribution in [0.3, 0.4) is 0 Å². The van der Waals surface area contributed by atoms with Crippen LogP contribution in [-0.2, 0) is 10.0 Å². The first kappa shape index (κ1) is 22.7. The number of halogens is 1. The molecule has 32 heavy (non-hydrogen) atoms. The van der Waals surface area contributed by atoms with Crippen LogP contribution < -0.4 is 14.8 Å². The Morgan fingerprint density at radius 1 is 1.06 bits per heavy atom. The highest BCUT2D eigenvalue weighted by atomic mass is 32.2. The minimum Gasteiger partial charge on any atom is -0.491 e. The molecular formula is C21H18FN3O6S. The van der Waals surface area contributed by atoms with Crippen molar-refractivity contribution in [2.45, 2.75) is 11.8 Å². The SMILES string of the molecule is CCOc1ccc(NC(=O)c2ccc(NS(=O)(=O)c3cccc([N+](=O)[O-])c3)cc2)cc1F. The minimum absolute atomic E-state index is 0.0749. The van der Waals surface area contributed by atoms with Crippen molar-refractivity contribution in [3.05, 3.63) is 88.2 Å². The van der Waals surface area contributed by atoms with Crippen LogP contribution in [0.4, 0.5) is 21.5 Å². The van der Waals surface area contributed by atoms with Crippen molar-refractivity contribution >= 4 is 33.0 Å².